The van der Waals surface area contributed by atoms with Crippen molar-refractivity contribution in [3.8, 4) is 0 Å². The molecule has 1 heterocycles. The summed E-state index contributed by atoms with van der Waals surface area (Å²) in [6.45, 7) is 0.854. The molecule has 0 radical (unpaired) electrons. The molecule has 1 aliphatic rings. The van der Waals surface area contributed by atoms with E-state index >= 15 is 0 Å². The number of hydrogen-bond acceptors (Lipinski definition) is 4. The molecule has 21 heavy (non-hydrogen) atoms. The second kappa shape index (κ2) is 7.92. The van der Waals surface area contributed by atoms with Crippen LogP contribution in [0.25, 0.3) is 0 Å². The number of amides is 2. The number of urea groups is 1. The van der Waals surface area contributed by atoms with Crippen LogP contribution in [0, 0.1) is 5.82 Å². The third-order valence-electron chi connectivity index (χ3n) is 3.23. The van der Waals surface area contributed by atoms with E-state index in [-0.39, 0.29) is 18.2 Å². The number of benzene rings is 1. The van der Waals surface area contributed by atoms with Crippen LogP contribution >= 0.6 is 0 Å². The van der Waals surface area contributed by atoms with Gasteiger partial charge in [0.25, 0.3) is 0 Å². The molecule has 1 aromatic carbocycles. The van der Waals surface area contributed by atoms with Crippen molar-refractivity contribution in [2.45, 2.75) is 31.7 Å². The average Bonchev–Trinajstić information content (AvgIpc) is 2.96. The molecule has 1 aromatic rings. The van der Waals surface area contributed by atoms with Crippen LogP contribution in [0.1, 0.15) is 30.9 Å². The summed E-state index contributed by atoms with van der Waals surface area (Å²) >= 11 is 0. The third kappa shape index (κ3) is 4.96. The average molecular weight is 298 g/mol. The van der Waals surface area contributed by atoms with E-state index in [1.165, 1.54) is 17.6 Å². The van der Waals surface area contributed by atoms with Crippen molar-refractivity contribution in [2.75, 3.05) is 13.2 Å². The van der Waals surface area contributed by atoms with Crippen molar-refractivity contribution < 1.29 is 23.9 Å². The highest BCUT2D eigenvalue weighted by Gasteiger charge is 2.26. The number of nitrogens with one attached hydrogen (secondary N) is 2. The van der Waals surface area contributed by atoms with Crippen molar-refractivity contribution in [3.05, 3.63) is 35.6 Å². The van der Waals surface area contributed by atoms with Crippen LogP contribution in [0.3, 0.4) is 0 Å². The van der Waals surface area contributed by atoms with Gasteiger partial charge in [0.2, 0.25) is 0 Å². The van der Waals surface area contributed by atoms with Gasteiger partial charge in [0.1, 0.15) is 5.82 Å². The van der Waals surface area contributed by atoms with Crippen LogP contribution in [0.4, 0.5) is 9.18 Å². The van der Waals surface area contributed by atoms with Gasteiger partial charge in [-0.1, -0.05) is 12.1 Å². The summed E-state index contributed by atoms with van der Waals surface area (Å²) in [5.74, 6) is -0.260. The van der Waals surface area contributed by atoms with Crippen LogP contribution in [-0.4, -0.2) is 30.7 Å². The predicted octanol–water partition coefficient (Wildman–Crippen LogP) is 2.10. The zero-order valence-electron chi connectivity index (χ0n) is 11.5. The minimum Gasteiger partial charge on any atom is -0.353 e. The summed E-state index contributed by atoms with van der Waals surface area (Å²) in [6, 6.07) is 5.65. The lowest BCUT2D eigenvalue weighted by molar-refractivity contribution is -0.134. The Balaban J connectivity index is 1.64. The second-order valence-corrected chi connectivity index (χ2v) is 4.78. The largest absolute Gasteiger partial charge is 0.353 e. The van der Waals surface area contributed by atoms with E-state index in [1.54, 1.807) is 12.1 Å². The normalized spacial score (nSPS) is 21.2. The molecule has 2 rings (SSSR count). The smallest absolute Gasteiger partial charge is 0.338 e. The number of rotatable bonds is 6. The van der Waals surface area contributed by atoms with Crippen LogP contribution in [-0.2, 0) is 9.47 Å². The Hall–Kier alpha value is -1.70. The molecule has 0 spiro atoms. The Morgan fingerprint density at radius 2 is 2.14 bits per heavy atom. The third-order valence-corrected chi connectivity index (χ3v) is 3.23. The topological polar surface area (TPSA) is 79.8 Å². The molecular weight excluding hydrogens is 279 g/mol. The molecule has 116 valence electrons. The first-order valence-corrected chi connectivity index (χ1v) is 6.89. The lowest BCUT2D eigenvalue weighted by atomic mass is 10.1. The van der Waals surface area contributed by atoms with Crippen LogP contribution in [0.2, 0.25) is 0 Å². The fourth-order valence-electron chi connectivity index (χ4n) is 2.18. The molecule has 0 bridgehead atoms. The molecule has 6 nitrogen and oxygen atoms in total. The Kier molecular flexibility index (Phi) is 5.91. The predicted molar refractivity (Wildman–Crippen MR) is 72.1 cm³/mol. The monoisotopic (exact) mass is 298 g/mol. The van der Waals surface area contributed by atoms with Crippen molar-refractivity contribution in [2.24, 2.45) is 0 Å². The maximum atomic E-state index is 12.9. The molecular formula is C14H19FN2O4. The molecule has 0 saturated carbocycles. The van der Waals surface area contributed by atoms with Crippen LogP contribution in [0.5, 0.6) is 0 Å². The highest BCUT2D eigenvalue weighted by Crippen LogP contribution is 2.33. The quantitative estimate of drug-likeness (QED) is 0.427. The first-order chi connectivity index (χ1) is 10.2. The lowest BCUT2D eigenvalue weighted by Crippen LogP contribution is -2.34. The molecule has 1 fully saturated rings. The van der Waals surface area contributed by atoms with Crippen molar-refractivity contribution in [1.29, 1.82) is 0 Å². The van der Waals surface area contributed by atoms with Crippen molar-refractivity contribution >= 4 is 6.03 Å². The van der Waals surface area contributed by atoms with E-state index in [0.29, 0.717) is 19.6 Å². The van der Waals surface area contributed by atoms with Crippen molar-refractivity contribution in [3.63, 3.8) is 0 Å². The summed E-state index contributed by atoms with van der Waals surface area (Å²) < 4.78 is 24.2. The van der Waals surface area contributed by atoms with Crippen LogP contribution in [0.15, 0.2) is 24.3 Å². The molecule has 2 atom stereocenters. The minimum absolute atomic E-state index is 0.0612. The Labute approximate surface area is 122 Å². The number of hydrogen-bond donors (Lipinski definition) is 3. The molecule has 2 amide bonds. The van der Waals surface area contributed by atoms with E-state index in [0.717, 1.165) is 18.4 Å². The van der Waals surface area contributed by atoms with Gasteiger partial charge in [0, 0.05) is 13.0 Å². The fourth-order valence-corrected chi connectivity index (χ4v) is 2.18. The minimum atomic E-state index is -0.636. The second-order valence-electron chi connectivity index (χ2n) is 4.78. The van der Waals surface area contributed by atoms with E-state index in [2.05, 4.69) is 5.32 Å². The number of halogens is 1. The molecule has 3 N–H and O–H groups in total. The van der Waals surface area contributed by atoms with Gasteiger partial charge < -0.3 is 14.8 Å². The Bertz CT molecular complexity index is 455. The highest BCUT2D eigenvalue weighted by atomic mass is 19.1. The molecule has 2 unspecified atom stereocenters. The van der Waals surface area contributed by atoms with E-state index in [4.69, 9.17) is 14.7 Å². The van der Waals surface area contributed by atoms with E-state index in [1.807, 2.05) is 0 Å². The maximum absolute atomic E-state index is 12.9. The number of carbonyl (C=O) groups excluding carboxylic acids is 1. The van der Waals surface area contributed by atoms with Gasteiger partial charge >= 0.3 is 6.03 Å². The van der Waals surface area contributed by atoms with Gasteiger partial charge in [-0.05, 0) is 30.5 Å². The first kappa shape index (κ1) is 15.7. The maximum Gasteiger partial charge on any atom is 0.338 e. The molecule has 0 aliphatic carbocycles. The summed E-state index contributed by atoms with van der Waals surface area (Å²) in [6.07, 6.45) is 1.91. The number of carbonyl (C=O) groups is 1. The Morgan fingerprint density at radius 3 is 2.86 bits per heavy atom. The SMILES string of the molecule is O=C(NO)NCCCOC1CCC(c2ccc(F)cc2)O1. The zero-order chi connectivity index (χ0) is 15.1. The molecule has 1 aliphatic heterocycles. The summed E-state index contributed by atoms with van der Waals surface area (Å²) in [5, 5.41) is 10.7. The van der Waals surface area contributed by atoms with Gasteiger partial charge in [0.05, 0.1) is 12.7 Å². The first-order valence-electron chi connectivity index (χ1n) is 6.89. The van der Waals surface area contributed by atoms with Crippen molar-refractivity contribution in [1.82, 2.24) is 10.8 Å². The van der Waals surface area contributed by atoms with Gasteiger partial charge in [-0.2, -0.15) is 0 Å². The molecule has 1 saturated heterocycles. The lowest BCUT2D eigenvalue weighted by Gasteiger charge is -2.14. The number of hydroxylamine groups is 1. The summed E-state index contributed by atoms with van der Waals surface area (Å²) in [4.78, 5) is 10.7. The molecule has 0 aromatic heterocycles. The van der Waals surface area contributed by atoms with Crippen LogP contribution < -0.4 is 10.8 Å². The van der Waals surface area contributed by atoms with Gasteiger partial charge in [-0.25, -0.2) is 14.7 Å². The van der Waals surface area contributed by atoms with E-state index < -0.39 is 6.03 Å². The van der Waals surface area contributed by atoms with Gasteiger partial charge in [-0.3, -0.25) is 5.21 Å². The van der Waals surface area contributed by atoms with Gasteiger partial charge in [0.15, 0.2) is 6.29 Å². The summed E-state index contributed by atoms with van der Waals surface area (Å²) in [7, 11) is 0. The zero-order valence-corrected chi connectivity index (χ0v) is 11.5. The van der Waals surface area contributed by atoms with E-state index in [9.17, 15) is 9.18 Å². The highest BCUT2D eigenvalue weighted by molar-refractivity contribution is 5.72. The summed E-state index contributed by atoms with van der Waals surface area (Å²) in [5.41, 5.74) is 2.43. The fraction of sp³-hybridized carbons (Fsp3) is 0.500. The number of ether oxygens (including phenoxy) is 2. The van der Waals surface area contributed by atoms with Gasteiger partial charge in [-0.15, -0.1) is 0 Å². The Morgan fingerprint density at radius 1 is 1.38 bits per heavy atom. The molecule has 7 heteroatoms. The standard InChI is InChI=1S/C14H19FN2O4/c15-11-4-2-10(3-5-11)12-6-7-13(21-12)20-9-1-8-16-14(18)17-19/h2-5,12-13,19H,1,6-9H2,(H2,16,17,18).